The van der Waals surface area contributed by atoms with E-state index in [9.17, 15) is 0 Å². The van der Waals surface area contributed by atoms with Crippen molar-refractivity contribution >= 4 is 17.4 Å². The lowest BCUT2D eigenvalue weighted by atomic mass is 10.2. The highest BCUT2D eigenvalue weighted by atomic mass is 32.2. The van der Waals surface area contributed by atoms with Gasteiger partial charge in [0.15, 0.2) is 0 Å². The molecular formula is C15H26N4S. The summed E-state index contributed by atoms with van der Waals surface area (Å²) in [5, 5.41) is 3.57. The van der Waals surface area contributed by atoms with Crippen LogP contribution in [0.2, 0.25) is 0 Å². The Morgan fingerprint density at radius 1 is 1.45 bits per heavy atom. The Hall–Kier alpha value is -0.810. The maximum atomic E-state index is 4.78. The SMILES string of the molecule is CSCCN(C)c1cnc(C(C)C)nc1CNC1CC1. The van der Waals surface area contributed by atoms with Crippen molar-refractivity contribution in [3.05, 3.63) is 17.7 Å². The normalized spacial score (nSPS) is 14.8. The Morgan fingerprint density at radius 2 is 2.20 bits per heavy atom. The fourth-order valence-corrected chi connectivity index (χ4v) is 2.49. The molecule has 0 aliphatic heterocycles. The number of nitrogens with zero attached hydrogens (tertiary/aromatic N) is 3. The summed E-state index contributed by atoms with van der Waals surface area (Å²) >= 11 is 1.87. The van der Waals surface area contributed by atoms with E-state index in [0.29, 0.717) is 12.0 Å². The molecule has 1 aliphatic carbocycles. The summed E-state index contributed by atoms with van der Waals surface area (Å²) in [5.41, 5.74) is 2.30. The van der Waals surface area contributed by atoms with Crippen LogP contribution in [0.4, 0.5) is 5.69 Å². The molecule has 1 aromatic heterocycles. The molecule has 0 spiro atoms. The second-order valence-electron chi connectivity index (χ2n) is 5.78. The minimum Gasteiger partial charge on any atom is -0.371 e. The molecule has 0 saturated heterocycles. The van der Waals surface area contributed by atoms with E-state index in [2.05, 4.69) is 42.4 Å². The first-order chi connectivity index (χ1) is 9.61. The molecule has 1 heterocycles. The topological polar surface area (TPSA) is 41.1 Å². The predicted octanol–water partition coefficient (Wildman–Crippen LogP) is 2.65. The van der Waals surface area contributed by atoms with Crippen molar-refractivity contribution in [2.45, 2.75) is 45.2 Å². The van der Waals surface area contributed by atoms with E-state index in [1.165, 1.54) is 12.8 Å². The zero-order valence-corrected chi connectivity index (χ0v) is 13.8. The molecule has 1 aliphatic rings. The predicted molar refractivity (Wildman–Crippen MR) is 87.6 cm³/mol. The van der Waals surface area contributed by atoms with Crippen LogP contribution in [0.1, 0.15) is 44.1 Å². The molecular weight excluding hydrogens is 268 g/mol. The lowest BCUT2D eigenvalue weighted by Gasteiger charge is -2.22. The molecule has 0 bridgehead atoms. The van der Waals surface area contributed by atoms with E-state index in [-0.39, 0.29) is 0 Å². The average molecular weight is 294 g/mol. The first-order valence-corrected chi connectivity index (χ1v) is 8.80. The highest BCUT2D eigenvalue weighted by molar-refractivity contribution is 7.98. The maximum absolute atomic E-state index is 4.78. The van der Waals surface area contributed by atoms with Crippen molar-refractivity contribution in [2.75, 3.05) is 30.5 Å². The largest absolute Gasteiger partial charge is 0.371 e. The molecule has 0 radical (unpaired) electrons. The minimum absolute atomic E-state index is 0.375. The van der Waals surface area contributed by atoms with Gasteiger partial charge in [0.05, 0.1) is 17.6 Å². The van der Waals surface area contributed by atoms with Crippen molar-refractivity contribution < 1.29 is 0 Å². The van der Waals surface area contributed by atoms with Crippen LogP contribution in [0.3, 0.4) is 0 Å². The Balaban J connectivity index is 2.13. The first kappa shape index (κ1) is 15.6. The third-order valence-electron chi connectivity index (χ3n) is 3.56. The monoisotopic (exact) mass is 294 g/mol. The summed E-state index contributed by atoms with van der Waals surface area (Å²) in [6.07, 6.45) is 6.74. The highest BCUT2D eigenvalue weighted by Crippen LogP contribution is 2.23. The van der Waals surface area contributed by atoms with Gasteiger partial charge in [0, 0.05) is 37.8 Å². The van der Waals surface area contributed by atoms with Gasteiger partial charge in [0.25, 0.3) is 0 Å². The zero-order chi connectivity index (χ0) is 14.5. The van der Waals surface area contributed by atoms with E-state index >= 15 is 0 Å². The standard InChI is InChI=1S/C15H26N4S/c1-11(2)15-17-10-14(19(3)7-8-20-4)13(18-15)9-16-12-5-6-12/h10-12,16H,5-9H2,1-4H3. The number of hydrogen-bond donors (Lipinski definition) is 1. The molecule has 1 saturated carbocycles. The molecule has 0 unspecified atom stereocenters. The van der Waals surface area contributed by atoms with Crippen LogP contribution in [0, 0.1) is 0 Å². The molecule has 2 rings (SSSR count). The molecule has 20 heavy (non-hydrogen) atoms. The van der Waals surface area contributed by atoms with Gasteiger partial charge >= 0.3 is 0 Å². The van der Waals surface area contributed by atoms with Gasteiger partial charge in [-0.25, -0.2) is 9.97 Å². The molecule has 1 aromatic rings. The molecule has 0 aromatic carbocycles. The third-order valence-corrected chi connectivity index (χ3v) is 4.15. The van der Waals surface area contributed by atoms with Crippen LogP contribution in [0.15, 0.2) is 6.20 Å². The fourth-order valence-electron chi connectivity index (χ4n) is 2.03. The minimum atomic E-state index is 0.375. The molecule has 0 amide bonds. The second kappa shape index (κ2) is 7.27. The third kappa shape index (κ3) is 4.35. The number of nitrogens with one attached hydrogen (secondary N) is 1. The maximum Gasteiger partial charge on any atom is 0.131 e. The van der Waals surface area contributed by atoms with Crippen LogP contribution < -0.4 is 10.2 Å². The van der Waals surface area contributed by atoms with Crippen molar-refractivity contribution in [1.29, 1.82) is 0 Å². The van der Waals surface area contributed by atoms with Gasteiger partial charge in [0.1, 0.15) is 5.82 Å². The smallest absolute Gasteiger partial charge is 0.131 e. The van der Waals surface area contributed by atoms with Crippen molar-refractivity contribution in [1.82, 2.24) is 15.3 Å². The molecule has 5 heteroatoms. The van der Waals surface area contributed by atoms with E-state index < -0.39 is 0 Å². The Kier molecular flexibility index (Phi) is 5.66. The lowest BCUT2D eigenvalue weighted by Crippen LogP contribution is -2.25. The second-order valence-corrected chi connectivity index (χ2v) is 6.77. The Bertz CT molecular complexity index is 432. The molecule has 1 fully saturated rings. The lowest BCUT2D eigenvalue weighted by molar-refractivity contribution is 0.657. The van der Waals surface area contributed by atoms with Crippen molar-refractivity contribution in [3.8, 4) is 0 Å². The van der Waals surface area contributed by atoms with Gasteiger partial charge in [-0.05, 0) is 19.1 Å². The van der Waals surface area contributed by atoms with Gasteiger partial charge in [0.2, 0.25) is 0 Å². The van der Waals surface area contributed by atoms with Crippen LogP contribution in [0.25, 0.3) is 0 Å². The van der Waals surface area contributed by atoms with Crippen molar-refractivity contribution in [3.63, 3.8) is 0 Å². The van der Waals surface area contributed by atoms with Crippen LogP contribution >= 0.6 is 11.8 Å². The average Bonchev–Trinajstić information content (AvgIpc) is 3.26. The number of aromatic nitrogens is 2. The van der Waals surface area contributed by atoms with E-state index in [4.69, 9.17) is 4.98 Å². The summed E-state index contributed by atoms with van der Waals surface area (Å²) in [7, 11) is 2.13. The van der Waals surface area contributed by atoms with Gasteiger partial charge in [-0.2, -0.15) is 11.8 Å². The molecule has 1 N–H and O–H groups in total. The van der Waals surface area contributed by atoms with Crippen molar-refractivity contribution in [2.24, 2.45) is 0 Å². The Labute approximate surface area is 126 Å². The van der Waals surface area contributed by atoms with E-state index in [0.717, 1.165) is 36.0 Å². The van der Waals surface area contributed by atoms with Gasteiger partial charge in [-0.15, -0.1) is 0 Å². The summed E-state index contributed by atoms with van der Waals surface area (Å²) in [5.74, 6) is 2.44. The number of rotatable bonds is 8. The van der Waals surface area contributed by atoms with E-state index in [1.54, 1.807) is 0 Å². The van der Waals surface area contributed by atoms with Gasteiger partial charge in [-0.3, -0.25) is 0 Å². The molecule has 0 atom stereocenters. The fraction of sp³-hybridized carbons (Fsp3) is 0.733. The highest BCUT2D eigenvalue weighted by Gasteiger charge is 2.21. The number of anilines is 1. The van der Waals surface area contributed by atoms with Gasteiger partial charge < -0.3 is 10.2 Å². The van der Waals surface area contributed by atoms with E-state index in [1.807, 2.05) is 18.0 Å². The molecule has 4 nitrogen and oxygen atoms in total. The summed E-state index contributed by atoms with van der Waals surface area (Å²) in [4.78, 5) is 11.6. The summed E-state index contributed by atoms with van der Waals surface area (Å²) in [6, 6.07) is 0.705. The summed E-state index contributed by atoms with van der Waals surface area (Å²) < 4.78 is 0. The Morgan fingerprint density at radius 3 is 2.80 bits per heavy atom. The van der Waals surface area contributed by atoms with Crippen LogP contribution in [0.5, 0.6) is 0 Å². The summed E-state index contributed by atoms with van der Waals surface area (Å²) in [6.45, 7) is 6.17. The van der Waals surface area contributed by atoms with Crippen LogP contribution in [-0.4, -0.2) is 41.6 Å². The first-order valence-electron chi connectivity index (χ1n) is 7.41. The quantitative estimate of drug-likeness (QED) is 0.798. The zero-order valence-electron chi connectivity index (χ0n) is 13.0. The van der Waals surface area contributed by atoms with Crippen LogP contribution in [-0.2, 0) is 6.54 Å². The number of thioether (sulfide) groups is 1. The van der Waals surface area contributed by atoms with Gasteiger partial charge in [-0.1, -0.05) is 13.8 Å². The number of hydrogen-bond acceptors (Lipinski definition) is 5. The molecule has 112 valence electrons.